The lowest BCUT2D eigenvalue weighted by atomic mass is 10.0. The molecule has 2 aromatic carbocycles. The summed E-state index contributed by atoms with van der Waals surface area (Å²) in [5.74, 6) is 0.238. The molecule has 10 nitrogen and oxygen atoms in total. The third-order valence-corrected chi connectivity index (χ3v) is 7.38. The van der Waals surface area contributed by atoms with Gasteiger partial charge in [-0.15, -0.1) is 0 Å². The smallest absolute Gasteiger partial charge is 0.325 e. The zero-order valence-electron chi connectivity index (χ0n) is 22.0. The van der Waals surface area contributed by atoms with Crippen LogP contribution in [0.3, 0.4) is 0 Å². The highest BCUT2D eigenvalue weighted by Crippen LogP contribution is 2.39. The Hall–Kier alpha value is -3.38. The van der Waals surface area contributed by atoms with Crippen molar-refractivity contribution in [3.63, 3.8) is 0 Å². The number of aliphatic hydroxyl groups is 1. The number of thioether (sulfide) groups is 1. The van der Waals surface area contributed by atoms with Crippen molar-refractivity contribution >= 4 is 23.8 Å². The number of urea groups is 1. The molecule has 208 valence electrons. The van der Waals surface area contributed by atoms with Gasteiger partial charge in [-0.25, -0.2) is 9.78 Å². The number of carbonyl (C=O) groups is 2. The molecule has 11 heteroatoms. The van der Waals surface area contributed by atoms with E-state index in [1.165, 1.54) is 0 Å². The first-order valence-corrected chi connectivity index (χ1v) is 13.8. The number of ether oxygens (including phenoxy) is 3. The SMILES string of the molecule is CCOC(=O)CNC(=O)NCc1ccc([C@H]2O[C@@H](CSc3nccn3C)C[C@@H](c3ccc(CO)cc3)O2)cc1. The van der Waals surface area contributed by atoms with Crippen LogP contribution in [0.1, 0.15) is 48.0 Å². The summed E-state index contributed by atoms with van der Waals surface area (Å²) in [7, 11) is 1.97. The molecule has 4 rings (SSSR count). The summed E-state index contributed by atoms with van der Waals surface area (Å²) in [4.78, 5) is 27.7. The fourth-order valence-electron chi connectivity index (χ4n) is 4.08. The number of nitrogens with zero attached hydrogens (tertiary/aromatic N) is 2. The summed E-state index contributed by atoms with van der Waals surface area (Å²) in [5.41, 5.74) is 3.64. The van der Waals surface area contributed by atoms with Gasteiger partial charge in [-0.3, -0.25) is 4.79 Å². The molecular formula is C28H34N4O6S. The average Bonchev–Trinajstić information content (AvgIpc) is 3.38. The van der Waals surface area contributed by atoms with E-state index in [-0.39, 0.29) is 32.0 Å². The van der Waals surface area contributed by atoms with Crippen molar-refractivity contribution in [3.8, 4) is 0 Å². The number of rotatable bonds is 11. The molecule has 39 heavy (non-hydrogen) atoms. The van der Waals surface area contributed by atoms with Crippen LogP contribution in [-0.2, 0) is 39.2 Å². The number of carbonyl (C=O) groups excluding carboxylic acids is 2. The molecule has 0 radical (unpaired) electrons. The number of hydrogen-bond acceptors (Lipinski definition) is 8. The molecule has 0 saturated carbocycles. The summed E-state index contributed by atoms with van der Waals surface area (Å²) in [6.45, 7) is 2.09. The normalized spacial score (nSPS) is 18.9. The van der Waals surface area contributed by atoms with Crippen LogP contribution in [-0.4, -0.2) is 51.7 Å². The molecule has 3 aromatic rings. The maximum absolute atomic E-state index is 12.0. The van der Waals surface area contributed by atoms with E-state index in [2.05, 4.69) is 15.6 Å². The van der Waals surface area contributed by atoms with E-state index in [1.807, 2.05) is 66.3 Å². The molecule has 1 aromatic heterocycles. The molecule has 0 spiro atoms. The lowest BCUT2D eigenvalue weighted by Crippen LogP contribution is -2.38. The van der Waals surface area contributed by atoms with Gasteiger partial charge in [0.2, 0.25) is 0 Å². The lowest BCUT2D eigenvalue weighted by molar-refractivity contribution is -0.245. The number of aryl methyl sites for hydroxylation is 1. The van der Waals surface area contributed by atoms with Gasteiger partial charge < -0.3 is 34.5 Å². The summed E-state index contributed by atoms with van der Waals surface area (Å²) in [6.07, 6.45) is 3.58. The molecule has 0 unspecified atom stereocenters. The third-order valence-electron chi connectivity index (χ3n) is 6.19. The van der Waals surface area contributed by atoms with E-state index in [0.717, 1.165) is 33.2 Å². The largest absolute Gasteiger partial charge is 0.465 e. The number of benzene rings is 2. The topological polar surface area (TPSA) is 124 Å². The van der Waals surface area contributed by atoms with Crippen LogP contribution in [0.15, 0.2) is 66.1 Å². The van der Waals surface area contributed by atoms with Gasteiger partial charge in [-0.2, -0.15) is 0 Å². The number of nitrogens with one attached hydrogen (secondary N) is 2. The molecule has 1 saturated heterocycles. The van der Waals surface area contributed by atoms with Crippen LogP contribution >= 0.6 is 11.8 Å². The number of amides is 2. The minimum absolute atomic E-state index is 0.00523. The van der Waals surface area contributed by atoms with Crippen molar-refractivity contribution in [1.29, 1.82) is 0 Å². The average molecular weight is 555 g/mol. The molecule has 1 aliphatic heterocycles. The third kappa shape index (κ3) is 8.30. The van der Waals surface area contributed by atoms with Gasteiger partial charge in [0.05, 0.1) is 25.4 Å². The molecule has 3 atom stereocenters. The molecule has 0 aliphatic carbocycles. The minimum atomic E-state index is -0.567. The Labute approximate surface area is 232 Å². The van der Waals surface area contributed by atoms with Crippen molar-refractivity contribution in [1.82, 2.24) is 20.2 Å². The molecule has 3 N–H and O–H groups in total. The highest BCUT2D eigenvalue weighted by atomic mass is 32.2. The lowest BCUT2D eigenvalue weighted by Gasteiger charge is -2.36. The van der Waals surface area contributed by atoms with Gasteiger partial charge in [0.15, 0.2) is 11.4 Å². The zero-order chi connectivity index (χ0) is 27.6. The molecule has 2 amide bonds. The van der Waals surface area contributed by atoms with Crippen LogP contribution in [0, 0.1) is 0 Å². The number of imidazole rings is 1. The Bertz CT molecular complexity index is 1220. The number of aliphatic hydroxyl groups excluding tert-OH is 1. The van der Waals surface area contributed by atoms with Crippen LogP contribution < -0.4 is 10.6 Å². The molecule has 1 aliphatic rings. The highest BCUT2D eigenvalue weighted by molar-refractivity contribution is 7.99. The Kier molecular flexibility index (Phi) is 10.4. The number of esters is 1. The van der Waals surface area contributed by atoms with Crippen LogP contribution in [0.2, 0.25) is 0 Å². The van der Waals surface area contributed by atoms with Gasteiger partial charge in [0, 0.05) is 43.7 Å². The van der Waals surface area contributed by atoms with Crippen molar-refractivity contribution < 1.29 is 28.9 Å². The van der Waals surface area contributed by atoms with Crippen LogP contribution in [0.25, 0.3) is 0 Å². The van der Waals surface area contributed by atoms with E-state index in [0.29, 0.717) is 13.0 Å². The van der Waals surface area contributed by atoms with E-state index < -0.39 is 18.3 Å². The number of aromatic nitrogens is 2. The quantitative estimate of drug-likeness (QED) is 0.243. The monoisotopic (exact) mass is 554 g/mol. The fourth-order valence-corrected chi connectivity index (χ4v) is 5.03. The molecule has 0 bridgehead atoms. The van der Waals surface area contributed by atoms with Crippen LogP contribution in [0.4, 0.5) is 4.79 Å². The first-order valence-electron chi connectivity index (χ1n) is 12.8. The van der Waals surface area contributed by atoms with E-state index in [1.54, 1.807) is 24.9 Å². The van der Waals surface area contributed by atoms with Crippen molar-refractivity contribution in [3.05, 3.63) is 83.2 Å². The van der Waals surface area contributed by atoms with Gasteiger partial charge >= 0.3 is 12.0 Å². The Morgan fingerprint density at radius 1 is 1.08 bits per heavy atom. The predicted molar refractivity (Wildman–Crippen MR) is 146 cm³/mol. The summed E-state index contributed by atoms with van der Waals surface area (Å²) < 4.78 is 19.6. The first-order chi connectivity index (χ1) is 18.9. The van der Waals surface area contributed by atoms with Crippen LogP contribution in [0.5, 0.6) is 0 Å². The molecule has 1 fully saturated rings. The van der Waals surface area contributed by atoms with Crippen molar-refractivity contribution in [2.75, 3.05) is 18.9 Å². The van der Waals surface area contributed by atoms with Crippen molar-refractivity contribution in [2.45, 2.75) is 50.2 Å². The van der Waals surface area contributed by atoms with E-state index in [9.17, 15) is 14.7 Å². The fraction of sp³-hybridized carbons (Fsp3) is 0.393. The van der Waals surface area contributed by atoms with E-state index >= 15 is 0 Å². The summed E-state index contributed by atoms with van der Waals surface area (Å²) in [5, 5.41) is 15.5. The first kappa shape index (κ1) is 28.6. The Morgan fingerprint density at radius 3 is 2.46 bits per heavy atom. The maximum Gasteiger partial charge on any atom is 0.325 e. The van der Waals surface area contributed by atoms with Gasteiger partial charge in [-0.1, -0.05) is 60.3 Å². The van der Waals surface area contributed by atoms with Gasteiger partial charge in [0.1, 0.15) is 6.54 Å². The molecule has 2 heterocycles. The Morgan fingerprint density at radius 2 is 1.79 bits per heavy atom. The van der Waals surface area contributed by atoms with Crippen molar-refractivity contribution in [2.24, 2.45) is 7.05 Å². The van der Waals surface area contributed by atoms with Gasteiger partial charge in [0.25, 0.3) is 0 Å². The summed E-state index contributed by atoms with van der Waals surface area (Å²) >= 11 is 1.64. The Balaban J connectivity index is 1.39. The minimum Gasteiger partial charge on any atom is -0.465 e. The number of hydrogen-bond donors (Lipinski definition) is 3. The zero-order valence-corrected chi connectivity index (χ0v) is 22.9. The summed E-state index contributed by atoms with van der Waals surface area (Å²) in [6, 6.07) is 15.0. The molecular weight excluding hydrogens is 520 g/mol. The highest BCUT2D eigenvalue weighted by Gasteiger charge is 2.32. The predicted octanol–water partition coefficient (Wildman–Crippen LogP) is 3.61. The standard InChI is InChI=1S/C28H34N4O6S/c1-3-36-25(34)16-31-27(35)30-15-19-4-10-22(11-5-19)26-37-23(18-39-28-29-12-13-32(28)2)14-24(38-26)21-8-6-20(17-33)7-9-21/h4-13,23-24,26,33H,3,14-18H2,1-2H3,(H2,30,31,35)/t23-,24+,26+/m1/s1. The van der Waals surface area contributed by atoms with Gasteiger partial charge in [-0.05, 0) is 23.6 Å². The van der Waals surface area contributed by atoms with E-state index in [4.69, 9.17) is 14.2 Å². The second-order valence-corrected chi connectivity index (χ2v) is 10.1. The maximum atomic E-state index is 12.0. The second-order valence-electron chi connectivity index (χ2n) is 9.06. The second kappa shape index (κ2) is 14.1.